The summed E-state index contributed by atoms with van der Waals surface area (Å²) in [5, 5.41) is 6.35. The number of furan rings is 1. The topological polar surface area (TPSA) is 87.8 Å². The number of anilines is 1. The molecule has 0 unspecified atom stereocenters. The van der Waals surface area contributed by atoms with Gasteiger partial charge in [0.1, 0.15) is 37.2 Å². The van der Waals surface area contributed by atoms with E-state index in [4.69, 9.17) is 13.9 Å². The van der Waals surface area contributed by atoms with Crippen LogP contribution >= 0.6 is 0 Å². The Kier molecular flexibility index (Phi) is 6.62. The molecule has 3 rings (SSSR count). The van der Waals surface area contributed by atoms with Crippen LogP contribution in [0.4, 0.5) is 18.9 Å². The Labute approximate surface area is 169 Å². The van der Waals surface area contributed by atoms with Crippen LogP contribution in [0.15, 0.2) is 53.2 Å². The fourth-order valence-electron chi connectivity index (χ4n) is 2.37. The Bertz CT molecular complexity index is 984. The van der Waals surface area contributed by atoms with Crippen molar-refractivity contribution in [1.29, 1.82) is 0 Å². The number of aromatic nitrogens is 2. The average Bonchev–Trinajstić information content (AvgIpc) is 3.35. The molecule has 0 spiro atoms. The standard InChI is InChI=1S/C19H18F3N3O5/c1-27-14-3-2-4-15(7-14)29-10-16-5-6-17(30-16)18(26)24-13-8-23-25(9-13)12-28-11-19(20,21)22/h2-9H,10-12H2,1H3,(H,24,26). The molecule has 2 heterocycles. The van der Waals surface area contributed by atoms with Gasteiger partial charge in [-0.05, 0) is 24.3 Å². The summed E-state index contributed by atoms with van der Waals surface area (Å²) in [6.45, 7) is -1.68. The summed E-state index contributed by atoms with van der Waals surface area (Å²) in [4.78, 5) is 12.3. The molecule has 2 aromatic heterocycles. The number of ether oxygens (including phenoxy) is 3. The minimum atomic E-state index is -4.42. The van der Waals surface area contributed by atoms with Crippen LogP contribution in [0.2, 0.25) is 0 Å². The first kappa shape index (κ1) is 21.2. The van der Waals surface area contributed by atoms with Gasteiger partial charge in [-0.25, -0.2) is 4.68 Å². The van der Waals surface area contributed by atoms with Gasteiger partial charge in [0.25, 0.3) is 5.91 Å². The SMILES string of the molecule is COc1cccc(OCc2ccc(C(=O)Nc3cnn(COCC(F)(F)F)c3)o2)c1. The number of rotatable bonds is 9. The summed E-state index contributed by atoms with van der Waals surface area (Å²) in [5.74, 6) is 1.16. The highest BCUT2D eigenvalue weighted by atomic mass is 19.4. The van der Waals surface area contributed by atoms with E-state index in [0.717, 1.165) is 4.68 Å². The fourth-order valence-corrected chi connectivity index (χ4v) is 2.37. The van der Waals surface area contributed by atoms with Crippen LogP contribution in [-0.2, 0) is 18.1 Å². The van der Waals surface area contributed by atoms with Gasteiger partial charge in [0.15, 0.2) is 5.76 Å². The van der Waals surface area contributed by atoms with Crippen LogP contribution in [0, 0.1) is 0 Å². The van der Waals surface area contributed by atoms with Crippen molar-refractivity contribution in [1.82, 2.24) is 9.78 Å². The number of alkyl halides is 3. The van der Waals surface area contributed by atoms with E-state index >= 15 is 0 Å². The Morgan fingerprint density at radius 3 is 2.80 bits per heavy atom. The van der Waals surface area contributed by atoms with Gasteiger partial charge in [0.2, 0.25) is 0 Å². The molecular formula is C19H18F3N3O5. The third-order valence-corrected chi connectivity index (χ3v) is 3.69. The smallest absolute Gasteiger partial charge is 0.411 e. The van der Waals surface area contributed by atoms with Crippen molar-refractivity contribution in [2.45, 2.75) is 19.5 Å². The second kappa shape index (κ2) is 9.35. The Morgan fingerprint density at radius 1 is 1.23 bits per heavy atom. The lowest BCUT2D eigenvalue weighted by Gasteiger charge is -2.07. The van der Waals surface area contributed by atoms with Crippen LogP contribution in [0.1, 0.15) is 16.3 Å². The second-order valence-corrected chi connectivity index (χ2v) is 6.05. The Morgan fingerprint density at radius 2 is 2.03 bits per heavy atom. The third kappa shape index (κ3) is 6.27. The Balaban J connectivity index is 1.50. The van der Waals surface area contributed by atoms with Gasteiger partial charge < -0.3 is 23.9 Å². The first-order valence-corrected chi connectivity index (χ1v) is 8.66. The van der Waals surface area contributed by atoms with E-state index in [1.54, 1.807) is 37.4 Å². The van der Waals surface area contributed by atoms with E-state index in [9.17, 15) is 18.0 Å². The molecule has 1 amide bonds. The molecule has 30 heavy (non-hydrogen) atoms. The van der Waals surface area contributed by atoms with Crippen molar-refractivity contribution in [2.75, 3.05) is 19.0 Å². The molecule has 0 saturated carbocycles. The van der Waals surface area contributed by atoms with Gasteiger partial charge in [-0.15, -0.1) is 0 Å². The second-order valence-electron chi connectivity index (χ2n) is 6.05. The zero-order chi connectivity index (χ0) is 21.6. The maximum atomic E-state index is 12.3. The highest BCUT2D eigenvalue weighted by Crippen LogP contribution is 2.21. The highest BCUT2D eigenvalue weighted by Gasteiger charge is 2.27. The number of carbonyl (C=O) groups is 1. The van der Waals surface area contributed by atoms with Crippen molar-refractivity contribution < 1.29 is 36.6 Å². The molecule has 0 aliphatic carbocycles. The number of benzene rings is 1. The number of methoxy groups -OCH3 is 1. The molecular weight excluding hydrogens is 407 g/mol. The van der Waals surface area contributed by atoms with Crippen LogP contribution in [0.3, 0.4) is 0 Å². The van der Waals surface area contributed by atoms with Crippen molar-refractivity contribution in [3.63, 3.8) is 0 Å². The molecule has 0 fully saturated rings. The third-order valence-electron chi connectivity index (χ3n) is 3.69. The summed E-state index contributed by atoms with van der Waals surface area (Å²) in [6.07, 6.45) is -1.80. The van der Waals surface area contributed by atoms with E-state index in [-0.39, 0.29) is 18.1 Å². The lowest BCUT2D eigenvalue weighted by Crippen LogP contribution is -2.18. The summed E-state index contributed by atoms with van der Waals surface area (Å²) >= 11 is 0. The van der Waals surface area contributed by atoms with Crippen molar-refractivity contribution in [2.24, 2.45) is 0 Å². The first-order chi connectivity index (χ1) is 14.3. The maximum Gasteiger partial charge on any atom is 0.411 e. The van der Waals surface area contributed by atoms with E-state index in [1.807, 2.05) is 0 Å². The van der Waals surface area contributed by atoms with Gasteiger partial charge in [-0.1, -0.05) is 6.07 Å². The number of halogens is 3. The lowest BCUT2D eigenvalue weighted by atomic mass is 10.3. The lowest BCUT2D eigenvalue weighted by molar-refractivity contribution is -0.182. The average molecular weight is 425 g/mol. The summed E-state index contributed by atoms with van der Waals surface area (Å²) in [6, 6.07) is 10.1. The van der Waals surface area contributed by atoms with Crippen molar-refractivity contribution in [3.05, 3.63) is 60.3 Å². The van der Waals surface area contributed by atoms with Gasteiger partial charge >= 0.3 is 6.18 Å². The monoisotopic (exact) mass is 425 g/mol. The molecule has 0 aliphatic rings. The zero-order valence-electron chi connectivity index (χ0n) is 15.8. The number of nitrogens with one attached hydrogen (secondary N) is 1. The molecule has 1 aromatic carbocycles. The van der Waals surface area contributed by atoms with Crippen molar-refractivity contribution >= 4 is 11.6 Å². The predicted molar refractivity (Wildman–Crippen MR) is 98.2 cm³/mol. The molecule has 0 atom stereocenters. The normalized spacial score (nSPS) is 11.3. The molecule has 0 radical (unpaired) electrons. The maximum absolute atomic E-state index is 12.3. The van der Waals surface area contributed by atoms with E-state index in [2.05, 4.69) is 15.2 Å². The van der Waals surface area contributed by atoms with Crippen LogP contribution < -0.4 is 14.8 Å². The number of hydrogen-bond acceptors (Lipinski definition) is 6. The van der Waals surface area contributed by atoms with Gasteiger partial charge in [0, 0.05) is 6.07 Å². The van der Waals surface area contributed by atoms with Crippen molar-refractivity contribution in [3.8, 4) is 11.5 Å². The summed E-state index contributed by atoms with van der Waals surface area (Å²) in [7, 11) is 1.55. The van der Waals surface area contributed by atoms with Gasteiger partial charge in [0.05, 0.1) is 25.2 Å². The van der Waals surface area contributed by atoms with Crippen LogP contribution in [0.25, 0.3) is 0 Å². The molecule has 1 N–H and O–H groups in total. The van der Waals surface area contributed by atoms with E-state index < -0.39 is 25.4 Å². The minimum Gasteiger partial charge on any atom is -0.497 e. The minimum absolute atomic E-state index is 0.0420. The fraction of sp³-hybridized carbons (Fsp3) is 0.263. The zero-order valence-corrected chi connectivity index (χ0v) is 15.8. The number of nitrogens with zero attached hydrogens (tertiary/aromatic N) is 2. The largest absolute Gasteiger partial charge is 0.497 e. The molecule has 3 aromatic rings. The highest BCUT2D eigenvalue weighted by molar-refractivity contribution is 6.02. The quantitative estimate of drug-likeness (QED) is 0.560. The molecule has 0 bridgehead atoms. The summed E-state index contributed by atoms with van der Waals surface area (Å²) < 4.78 is 58.0. The van der Waals surface area contributed by atoms with E-state index in [1.165, 1.54) is 18.5 Å². The van der Waals surface area contributed by atoms with Crippen LogP contribution in [0.5, 0.6) is 11.5 Å². The van der Waals surface area contributed by atoms with Gasteiger partial charge in [-0.3, -0.25) is 4.79 Å². The first-order valence-electron chi connectivity index (χ1n) is 8.66. The number of amides is 1. The predicted octanol–water partition coefficient (Wildman–Crippen LogP) is 3.85. The molecule has 11 heteroatoms. The van der Waals surface area contributed by atoms with Crippen LogP contribution in [-0.4, -0.2) is 35.6 Å². The molecule has 8 nitrogen and oxygen atoms in total. The van der Waals surface area contributed by atoms with Gasteiger partial charge in [-0.2, -0.15) is 18.3 Å². The van der Waals surface area contributed by atoms with E-state index in [0.29, 0.717) is 17.3 Å². The number of carbonyl (C=O) groups excluding carboxylic acids is 1. The summed E-state index contributed by atoms with van der Waals surface area (Å²) in [5.41, 5.74) is 0.279. The Hall–Kier alpha value is -3.47. The number of hydrogen-bond donors (Lipinski definition) is 1. The molecule has 160 valence electrons. The molecule has 0 saturated heterocycles. The molecule has 0 aliphatic heterocycles.